The molecule has 2 rings (SSSR count). The first kappa shape index (κ1) is 11.0. The standard InChI is InChI=1S/C13H17NO2/c1-16-12-5-3-2-4-10(12)8-9-14-13(15)11-6-7-11/h2-5,11H,6-9H2,1H3,(H,14,15). The van der Waals surface area contributed by atoms with Gasteiger partial charge in [-0.25, -0.2) is 0 Å². The van der Waals surface area contributed by atoms with Crippen LogP contribution in [0.2, 0.25) is 0 Å². The molecule has 0 aliphatic heterocycles. The van der Waals surface area contributed by atoms with Gasteiger partial charge in [-0.05, 0) is 30.9 Å². The molecule has 1 saturated carbocycles. The molecule has 0 heterocycles. The third kappa shape index (κ3) is 2.75. The van der Waals surface area contributed by atoms with Crippen LogP contribution in [0.25, 0.3) is 0 Å². The van der Waals surface area contributed by atoms with Crippen LogP contribution in [0.15, 0.2) is 24.3 Å². The zero-order valence-electron chi connectivity index (χ0n) is 9.53. The average molecular weight is 219 g/mol. The summed E-state index contributed by atoms with van der Waals surface area (Å²) in [6.45, 7) is 0.690. The first-order valence-electron chi connectivity index (χ1n) is 5.71. The summed E-state index contributed by atoms with van der Waals surface area (Å²) in [5, 5.41) is 2.95. The van der Waals surface area contributed by atoms with Gasteiger partial charge in [-0.2, -0.15) is 0 Å². The number of amides is 1. The Balaban J connectivity index is 1.81. The van der Waals surface area contributed by atoms with Crippen LogP contribution >= 0.6 is 0 Å². The van der Waals surface area contributed by atoms with Gasteiger partial charge in [0.15, 0.2) is 0 Å². The van der Waals surface area contributed by atoms with Gasteiger partial charge < -0.3 is 10.1 Å². The Morgan fingerprint density at radius 1 is 1.44 bits per heavy atom. The van der Waals surface area contributed by atoms with Crippen LogP contribution in [-0.2, 0) is 11.2 Å². The van der Waals surface area contributed by atoms with Crippen LogP contribution in [0.1, 0.15) is 18.4 Å². The number of hydrogen-bond donors (Lipinski definition) is 1. The smallest absolute Gasteiger partial charge is 0.223 e. The fraction of sp³-hybridized carbons (Fsp3) is 0.462. The van der Waals surface area contributed by atoms with Crippen molar-refractivity contribution in [1.82, 2.24) is 5.32 Å². The largest absolute Gasteiger partial charge is 0.496 e. The lowest BCUT2D eigenvalue weighted by Crippen LogP contribution is -2.27. The molecule has 0 unspecified atom stereocenters. The summed E-state index contributed by atoms with van der Waals surface area (Å²) < 4.78 is 5.25. The zero-order valence-corrected chi connectivity index (χ0v) is 9.53. The Morgan fingerprint density at radius 3 is 2.88 bits per heavy atom. The molecule has 86 valence electrons. The summed E-state index contributed by atoms with van der Waals surface area (Å²) >= 11 is 0. The quantitative estimate of drug-likeness (QED) is 0.819. The molecule has 1 N–H and O–H groups in total. The summed E-state index contributed by atoms with van der Waals surface area (Å²) in [6.07, 6.45) is 2.93. The molecule has 0 saturated heterocycles. The first-order valence-corrected chi connectivity index (χ1v) is 5.71. The molecule has 1 aliphatic carbocycles. The van der Waals surface area contributed by atoms with Crippen LogP contribution in [-0.4, -0.2) is 19.6 Å². The van der Waals surface area contributed by atoms with E-state index < -0.39 is 0 Å². The predicted octanol–water partition coefficient (Wildman–Crippen LogP) is 1.76. The number of rotatable bonds is 5. The van der Waals surface area contributed by atoms with Gasteiger partial charge in [0, 0.05) is 12.5 Å². The first-order chi connectivity index (χ1) is 7.81. The number of nitrogens with one attached hydrogen (secondary N) is 1. The second kappa shape index (κ2) is 5.01. The van der Waals surface area contributed by atoms with Crippen molar-refractivity contribution in [3.05, 3.63) is 29.8 Å². The lowest BCUT2D eigenvalue weighted by atomic mass is 10.1. The Hall–Kier alpha value is -1.51. The van der Waals surface area contributed by atoms with Crippen LogP contribution in [0.4, 0.5) is 0 Å². The maximum Gasteiger partial charge on any atom is 0.223 e. The molecule has 1 amide bonds. The fourth-order valence-electron chi connectivity index (χ4n) is 1.72. The van der Waals surface area contributed by atoms with Crippen LogP contribution < -0.4 is 10.1 Å². The van der Waals surface area contributed by atoms with Crippen molar-refractivity contribution in [3.8, 4) is 5.75 Å². The minimum atomic E-state index is 0.204. The van der Waals surface area contributed by atoms with Crippen molar-refractivity contribution in [3.63, 3.8) is 0 Å². The number of carbonyl (C=O) groups is 1. The van der Waals surface area contributed by atoms with Gasteiger partial charge in [-0.15, -0.1) is 0 Å². The summed E-state index contributed by atoms with van der Waals surface area (Å²) in [7, 11) is 1.67. The van der Waals surface area contributed by atoms with Crippen molar-refractivity contribution in [2.24, 2.45) is 5.92 Å². The van der Waals surface area contributed by atoms with E-state index in [0.717, 1.165) is 30.6 Å². The highest BCUT2D eigenvalue weighted by molar-refractivity contribution is 5.80. The number of para-hydroxylation sites is 1. The van der Waals surface area contributed by atoms with E-state index in [1.807, 2.05) is 24.3 Å². The van der Waals surface area contributed by atoms with Gasteiger partial charge in [0.05, 0.1) is 7.11 Å². The third-order valence-corrected chi connectivity index (χ3v) is 2.83. The molecule has 0 radical (unpaired) electrons. The predicted molar refractivity (Wildman–Crippen MR) is 62.4 cm³/mol. The molecule has 3 nitrogen and oxygen atoms in total. The van der Waals surface area contributed by atoms with Gasteiger partial charge in [0.2, 0.25) is 5.91 Å². The fourth-order valence-corrected chi connectivity index (χ4v) is 1.72. The van der Waals surface area contributed by atoms with Crippen LogP contribution in [0, 0.1) is 5.92 Å². The minimum absolute atomic E-state index is 0.204. The van der Waals surface area contributed by atoms with E-state index in [0.29, 0.717) is 6.54 Å². The van der Waals surface area contributed by atoms with E-state index in [2.05, 4.69) is 5.32 Å². The average Bonchev–Trinajstić information content (AvgIpc) is 3.13. The summed E-state index contributed by atoms with van der Waals surface area (Å²) in [6, 6.07) is 7.91. The maximum absolute atomic E-state index is 11.4. The lowest BCUT2D eigenvalue weighted by molar-refractivity contribution is -0.122. The highest BCUT2D eigenvalue weighted by Gasteiger charge is 2.28. The van der Waals surface area contributed by atoms with E-state index in [9.17, 15) is 4.79 Å². The van der Waals surface area contributed by atoms with Crippen molar-refractivity contribution >= 4 is 5.91 Å². The molecular formula is C13H17NO2. The second-order valence-electron chi connectivity index (χ2n) is 4.13. The number of hydrogen-bond acceptors (Lipinski definition) is 2. The van der Waals surface area contributed by atoms with E-state index in [-0.39, 0.29) is 11.8 Å². The maximum atomic E-state index is 11.4. The van der Waals surface area contributed by atoms with Crippen LogP contribution in [0.5, 0.6) is 5.75 Å². The summed E-state index contributed by atoms with van der Waals surface area (Å²) in [5.41, 5.74) is 1.14. The van der Waals surface area contributed by atoms with E-state index in [1.54, 1.807) is 7.11 Å². The molecule has 0 bridgehead atoms. The SMILES string of the molecule is COc1ccccc1CCNC(=O)C1CC1. The van der Waals surface area contributed by atoms with E-state index >= 15 is 0 Å². The number of ether oxygens (including phenoxy) is 1. The summed E-state index contributed by atoms with van der Waals surface area (Å²) in [5.74, 6) is 1.38. The number of methoxy groups -OCH3 is 1. The van der Waals surface area contributed by atoms with Gasteiger partial charge in [-0.1, -0.05) is 18.2 Å². The third-order valence-electron chi connectivity index (χ3n) is 2.83. The van der Waals surface area contributed by atoms with Gasteiger partial charge in [-0.3, -0.25) is 4.79 Å². The van der Waals surface area contributed by atoms with E-state index in [4.69, 9.17) is 4.74 Å². The molecule has 1 aliphatic rings. The van der Waals surface area contributed by atoms with Crippen molar-refractivity contribution < 1.29 is 9.53 Å². The Morgan fingerprint density at radius 2 is 2.19 bits per heavy atom. The molecule has 0 spiro atoms. The monoisotopic (exact) mass is 219 g/mol. The normalized spacial score (nSPS) is 14.6. The lowest BCUT2D eigenvalue weighted by Gasteiger charge is -2.08. The Bertz CT molecular complexity index is 372. The number of carbonyl (C=O) groups excluding carboxylic acids is 1. The second-order valence-corrected chi connectivity index (χ2v) is 4.13. The minimum Gasteiger partial charge on any atom is -0.496 e. The van der Waals surface area contributed by atoms with Gasteiger partial charge >= 0.3 is 0 Å². The summed E-state index contributed by atoms with van der Waals surface area (Å²) in [4.78, 5) is 11.4. The zero-order chi connectivity index (χ0) is 11.4. The molecule has 16 heavy (non-hydrogen) atoms. The van der Waals surface area contributed by atoms with Crippen LogP contribution in [0.3, 0.4) is 0 Å². The van der Waals surface area contributed by atoms with Gasteiger partial charge in [0.1, 0.15) is 5.75 Å². The van der Waals surface area contributed by atoms with Crippen molar-refractivity contribution in [1.29, 1.82) is 0 Å². The Labute approximate surface area is 95.8 Å². The number of benzene rings is 1. The van der Waals surface area contributed by atoms with Crippen molar-refractivity contribution in [2.75, 3.05) is 13.7 Å². The van der Waals surface area contributed by atoms with Gasteiger partial charge in [0.25, 0.3) is 0 Å². The molecule has 3 heteroatoms. The molecule has 1 aromatic carbocycles. The highest BCUT2D eigenvalue weighted by Crippen LogP contribution is 2.28. The van der Waals surface area contributed by atoms with Crippen molar-refractivity contribution in [2.45, 2.75) is 19.3 Å². The molecular weight excluding hydrogens is 202 g/mol. The topological polar surface area (TPSA) is 38.3 Å². The molecule has 0 aromatic heterocycles. The molecule has 0 atom stereocenters. The molecule has 1 aromatic rings. The van der Waals surface area contributed by atoms with E-state index in [1.165, 1.54) is 0 Å². The molecule has 1 fully saturated rings. The highest BCUT2D eigenvalue weighted by atomic mass is 16.5. The Kier molecular flexibility index (Phi) is 3.44.